The molecule has 1 N–H and O–H groups in total. The van der Waals surface area contributed by atoms with Crippen LogP contribution in [0.2, 0.25) is 0 Å². The number of amides is 1. The molecule has 0 atom stereocenters. The number of nitrogens with one attached hydrogen (secondary N) is 1. The number of hydrogen-bond acceptors (Lipinski definition) is 5. The average molecular weight is 345 g/mol. The van der Waals surface area contributed by atoms with Gasteiger partial charge in [0.05, 0.1) is 31.4 Å². The van der Waals surface area contributed by atoms with Crippen molar-refractivity contribution in [1.82, 2.24) is 0 Å². The molecule has 0 aliphatic rings. The number of carbonyl (C=O) groups is 2. The van der Waals surface area contributed by atoms with Gasteiger partial charge in [-0.15, -0.1) is 11.8 Å². The molecule has 0 unspecified atom stereocenters. The van der Waals surface area contributed by atoms with E-state index in [0.29, 0.717) is 22.7 Å². The topological polar surface area (TPSA) is 64.6 Å². The largest absolute Gasteiger partial charge is 0.497 e. The van der Waals surface area contributed by atoms with Crippen LogP contribution in [0.4, 0.5) is 5.69 Å². The van der Waals surface area contributed by atoms with E-state index in [0.717, 1.165) is 0 Å². The van der Waals surface area contributed by atoms with Crippen molar-refractivity contribution in [2.75, 3.05) is 31.0 Å². The summed E-state index contributed by atoms with van der Waals surface area (Å²) in [5.74, 6) is 1.44. The number of Topliss-reactive ketones (excluding diaryl/α,β-unsaturated/α-hetero) is 1. The molecule has 6 heteroatoms. The van der Waals surface area contributed by atoms with Crippen molar-refractivity contribution in [3.63, 3.8) is 0 Å². The molecule has 1 amide bonds. The quantitative estimate of drug-likeness (QED) is 0.744. The minimum atomic E-state index is -0.178. The van der Waals surface area contributed by atoms with Gasteiger partial charge in [-0.05, 0) is 24.3 Å². The Balaban J connectivity index is 1.82. The molecule has 0 spiro atoms. The highest BCUT2D eigenvalue weighted by molar-refractivity contribution is 8.00. The Morgan fingerprint density at radius 3 is 2.54 bits per heavy atom. The minimum absolute atomic E-state index is 0.0380. The summed E-state index contributed by atoms with van der Waals surface area (Å²) in [6.45, 7) is 0. The van der Waals surface area contributed by atoms with Gasteiger partial charge >= 0.3 is 0 Å². The van der Waals surface area contributed by atoms with Gasteiger partial charge in [-0.2, -0.15) is 0 Å². The van der Waals surface area contributed by atoms with E-state index >= 15 is 0 Å². The number of methoxy groups -OCH3 is 2. The van der Waals surface area contributed by atoms with E-state index < -0.39 is 0 Å². The van der Waals surface area contributed by atoms with Gasteiger partial charge in [-0.25, -0.2) is 0 Å². The zero-order chi connectivity index (χ0) is 17.4. The predicted octanol–water partition coefficient (Wildman–Crippen LogP) is 3.26. The first kappa shape index (κ1) is 17.9. The number of ether oxygens (including phenoxy) is 2. The molecule has 0 bridgehead atoms. The number of rotatable bonds is 8. The van der Waals surface area contributed by atoms with Crippen molar-refractivity contribution in [3.05, 3.63) is 54.1 Å². The summed E-state index contributed by atoms with van der Waals surface area (Å²) in [5.41, 5.74) is 1.19. The molecule has 0 radical (unpaired) electrons. The van der Waals surface area contributed by atoms with Crippen LogP contribution in [-0.4, -0.2) is 37.4 Å². The summed E-state index contributed by atoms with van der Waals surface area (Å²) in [6, 6.07) is 14.2. The summed E-state index contributed by atoms with van der Waals surface area (Å²) < 4.78 is 10.3. The third-order valence-corrected chi connectivity index (χ3v) is 4.17. The van der Waals surface area contributed by atoms with Gasteiger partial charge < -0.3 is 14.8 Å². The van der Waals surface area contributed by atoms with Crippen LogP contribution in [0.1, 0.15) is 10.4 Å². The summed E-state index contributed by atoms with van der Waals surface area (Å²) >= 11 is 1.27. The Bertz CT molecular complexity index is 718. The van der Waals surface area contributed by atoms with Crippen LogP contribution < -0.4 is 14.8 Å². The predicted molar refractivity (Wildman–Crippen MR) is 96.3 cm³/mol. The molecule has 0 aliphatic carbocycles. The molecule has 0 aliphatic heterocycles. The summed E-state index contributed by atoms with van der Waals surface area (Å²) in [7, 11) is 3.10. The summed E-state index contributed by atoms with van der Waals surface area (Å²) in [4.78, 5) is 24.1. The van der Waals surface area contributed by atoms with E-state index in [4.69, 9.17) is 9.47 Å². The smallest absolute Gasteiger partial charge is 0.234 e. The number of ketones is 1. The van der Waals surface area contributed by atoms with Crippen LogP contribution in [-0.2, 0) is 4.79 Å². The zero-order valence-electron chi connectivity index (χ0n) is 13.6. The average Bonchev–Trinajstić information content (AvgIpc) is 2.62. The van der Waals surface area contributed by atoms with Crippen LogP contribution in [0.5, 0.6) is 11.5 Å². The highest BCUT2D eigenvalue weighted by atomic mass is 32.2. The second-order valence-electron chi connectivity index (χ2n) is 4.90. The van der Waals surface area contributed by atoms with E-state index in [1.165, 1.54) is 11.8 Å². The molecular weight excluding hydrogens is 326 g/mol. The monoisotopic (exact) mass is 345 g/mol. The van der Waals surface area contributed by atoms with Crippen LogP contribution in [0.3, 0.4) is 0 Å². The first-order valence-corrected chi connectivity index (χ1v) is 8.47. The van der Waals surface area contributed by atoms with Gasteiger partial charge in [0.2, 0.25) is 5.91 Å². The lowest BCUT2D eigenvalue weighted by molar-refractivity contribution is -0.113. The Morgan fingerprint density at radius 1 is 1.00 bits per heavy atom. The second-order valence-corrected chi connectivity index (χ2v) is 5.88. The van der Waals surface area contributed by atoms with Crippen LogP contribution in [0.25, 0.3) is 0 Å². The molecule has 126 valence electrons. The molecule has 0 fully saturated rings. The van der Waals surface area contributed by atoms with Crippen LogP contribution >= 0.6 is 11.8 Å². The van der Waals surface area contributed by atoms with E-state index in [2.05, 4.69) is 5.32 Å². The Kier molecular flexibility index (Phi) is 6.69. The summed E-state index contributed by atoms with van der Waals surface area (Å²) in [6.07, 6.45) is 0. The number of hydrogen-bond donors (Lipinski definition) is 1. The van der Waals surface area contributed by atoms with Gasteiger partial charge in [-0.1, -0.05) is 24.3 Å². The van der Waals surface area contributed by atoms with Crippen molar-refractivity contribution >= 4 is 29.1 Å². The third-order valence-electron chi connectivity index (χ3n) is 3.24. The molecule has 5 nitrogen and oxygen atoms in total. The van der Waals surface area contributed by atoms with Crippen LogP contribution in [0, 0.1) is 0 Å². The van der Waals surface area contributed by atoms with Gasteiger partial charge in [0.1, 0.15) is 11.5 Å². The maximum absolute atomic E-state index is 12.1. The molecular formula is C18H19NO4S. The molecule has 24 heavy (non-hydrogen) atoms. The molecule has 2 aromatic carbocycles. The minimum Gasteiger partial charge on any atom is -0.497 e. The van der Waals surface area contributed by atoms with Crippen molar-refractivity contribution in [3.8, 4) is 11.5 Å². The van der Waals surface area contributed by atoms with E-state index in [9.17, 15) is 9.59 Å². The Hall–Kier alpha value is -2.47. The molecule has 2 aromatic rings. The number of thioether (sulfide) groups is 1. The highest BCUT2D eigenvalue weighted by Gasteiger charge is 2.10. The standard InChI is InChI=1S/C18H19NO4S/c1-22-14-7-5-6-13(10-14)16(20)11-24-12-18(21)19-15-8-3-4-9-17(15)23-2/h3-10H,11-12H2,1-2H3,(H,19,21). The SMILES string of the molecule is COc1cccc(C(=O)CSCC(=O)Nc2ccccc2OC)c1. The van der Waals surface area contributed by atoms with Gasteiger partial charge in [-0.3, -0.25) is 9.59 Å². The fourth-order valence-corrected chi connectivity index (χ4v) is 2.76. The maximum Gasteiger partial charge on any atom is 0.234 e. The van der Waals surface area contributed by atoms with Crippen molar-refractivity contribution < 1.29 is 19.1 Å². The van der Waals surface area contributed by atoms with E-state index in [1.54, 1.807) is 50.6 Å². The summed E-state index contributed by atoms with van der Waals surface area (Å²) in [5, 5.41) is 2.78. The highest BCUT2D eigenvalue weighted by Crippen LogP contribution is 2.23. The van der Waals surface area contributed by atoms with Gasteiger partial charge in [0, 0.05) is 5.56 Å². The van der Waals surface area contributed by atoms with E-state index in [-0.39, 0.29) is 23.2 Å². The molecule has 0 saturated carbocycles. The molecule has 0 saturated heterocycles. The number of anilines is 1. The molecule has 0 aromatic heterocycles. The van der Waals surface area contributed by atoms with Crippen molar-refractivity contribution in [2.45, 2.75) is 0 Å². The Labute approximate surface area is 145 Å². The lowest BCUT2D eigenvalue weighted by Gasteiger charge is -2.09. The van der Waals surface area contributed by atoms with Gasteiger partial charge in [0.15, 0.2) is 5.78 Å². The van der Waals surface area contributed by atoms with Crippen molar-refractivity contribution in [2.24, 2.45) is 0 Å². The lowest BCUT2D eigenvalue weighted by atomic mass is 10.1. The molecule has 2 rings (SSSR count). The number of benzene rings is 2. The fraction of sp³-hybridized carbons (Fsp3) is 0.222. The normalized spacial score (nSPS) is 10.1. The van der Waals surface area contributed by atoms with E-state index in [1.807, 2.05) is 12.1 Å². The third kappa shape index (κ3) is 5.03. The number of para-hydroxylation sites is 2. The maximum atomic E-state index is 12.1. The zero-order valence-corrected chi connectivity index (χ0v) is 14.4. The number of carbonyl (C=O) groups excluding carboxylic acids is 2. The first-order chi connectivity index (χ1) is 11.6. The fourth-order valence-electron chi connectivity index (χ4n) is 2.05. The lowest BCUT2D eigenvalue weighted by Crippen LogP contribution is -2.16. The Morgan fingerprint density at radius 2 is 1.79 bits per heavy atom. The van der Waals surface area contributed by atoms with Gasteiger partial charge in [0.25, 0.3) is 0 Å². The first-order valence-electron chi connectivity index (χ1n) is 7.32. The second kappa shape index (κ2) is 8.98. The molecule has 0 heterocycles. The van der Waals surface area contributed by atoms with Crippen LogP contribution in [0.15, 0.2) is 48.5 Å². The van der Waals surface area contributed by atoms with Crippen molar-refractivity contribution in [1.29, 1.82) is 0 Å².